The zero-order chi connectivity index (χ0) is 21.3. The molecule has 2 N–H and O–H groups in total. The molecule has 0 bridgehead atoms. The van der Waals surface area contributed by atoms with Gasteiger partial charge in [0.2, 0.25) is 0 Å². The van der Waals surface area contributed by atoms with Gasteiger partial charge in [0.1, 0.15) is 11.9 Å². The van der Waals surface area contributed by atoms with E-state index in [0.717, 1.165) is 5.69 Å². The third-order valence-electron chi connectivity index (χ3n) is 5.01. The third kappa shape index (κ3) is 3.61. The molecule has 2 aromatic carbocycles. The Morgan fingerprint density at radius 1 is 1.30 bits per heavy atom. The predicted molar refractivity (Wildman–Crippen MR) is 109 cm³/mol. The Labute approximate surface area is 176 Å². The van der Waals surface area contributed by atoms with E-state index in [0.29, 0.717) is 29.4 Å². The number of carbonyl (C=O) groups excluding carboxylic acids is 2. The summed E-state index contributed by atoms with van der Waals surface area (Å²) in [6, 6.07) is 9.45. The second kappa shape index (κ2) is 8.16. The number of nitrogens with one attached hydrogen (secondary N) is 2. The number of aromatic amines is 1. The SMILES string of the molecule is COC(=O)c1ccccc1NC(=O)N1CCc2[nH]cnc2[C@H]1c1cc(Cl)ccc1F. The molecule has 1 aromatic heterocycles. The molecule has 0 aliphatic carbocycles. The molecule has 3 aromatic rings. The molecule has 2 heterocycles. The molecular weight excluding hydrogens is 411 g/mol. The highest BCUT2D eigenvalue weighted by molar-refractivity contribution is 6.30. The van der Waals surface area contributed by atoms with Gasteiger partial charge in [0.05, 0.1) is 30.4 Å². The number of hydrogen-bond acceptors (Lipinski definition) is 4. The Kier molecular flexibility index (Phi) is 5.41. The van der Waals surface area contributed by atoms with Crippen LogP contribution in [0.5, 0.6) is 0 Å². The second-order valence-electron chi connectivity index (χ2n) is 6.75. The maximum Gasteiger partial charge on any atom is 0.339 e. The molecule has 0 unspecified atom stereocenters. The van der Waals surface area contributed by atoms with Crippen LogP contribution in [0.2, 0.25) is 5.02 Å². The van der Waals surface area contributed by atoms with Crippen molar-refractivity contribution in [2.75, 3.05) is 19.0 Å². The van der Waals surface area contributed by atoms with Crippen molar-refractivity contribution in [2.45, 2.75) is 12.5 Å². The maximum atomic E-state index is 14.7. The first-order chi connectivity index (χ1) is 14.5. The number of H-pyrrole nitrogens is 1. The number of fused-ring (bicyclic) bond motifs is 1. The number of nitrogens with zero attached hydrogens (tertiary/aromatic N) is 2. The summed E-state index contributed by atoms with van der Waals surface area (Å²) in [5.74, 6) is -1.07. The number of ether oxygens (including phenoxy) is 1. The lowest BCUT2D eigenvalue weighted by Gasteiger charge is -2.35. The van der Waals surface area contributed by atoms with Gasteiger partial charge >= 0.3 is 12.0 Å². The number of aromatic nitrogens is 2. The van der Waals surface area contributed by atoms with Crippen molar-refractivity contribution < 1.29 is 18.7 Å². The predicted octanol–water partition coefficient (Wildman–Crippen LogP) is 4.17. The van der Waals surface area contributed by atoms with Crippen LogP contribution in [-0.2, 0) is 11.2 Å². The molecule has 0 fully saturated rings. The van der Waals surface area contributed by atoms with Crippen LogP contribution < -0.4 is 5.32 Å². The Balaban J connectivity index is 1.72. The number of methoxy groups -OCH3 is 1. The number of imidazole rings is 1. The fourth-order valence-electron chi connectivity index (χ4n) is 3.60. The molecule has 0 saturated heterocycles. The topological polar surface area (TPSA) is 87.3 Å². The third-order valence-corrected chi connectivity index (χ3v) is 5.25. The second-order valence-corrected chi connectivity index (χ2v) is 7.18. The number of halogens is 2. The van der Waals surface area contributed by atoms with Crippen LogP contribution in [0.1, 0.15) is 33.4 Å². The van der Waals surface area contributed by atoms with Gasteiger partial charge in [-0.15, -0.1) is 0 Å². The minimum Gasteiger partial charge on any atom is -0.465 e. The van der Waals surface area contributed by atoms with Crippen LogP contribution in [-0.4, -0.2) is 40.5 Å². The molecule has 1 atom stereocenters. The average molecular weight is 429 g/mol. The minimum absolute atomic E-state index is 0.219. The fourth-order valence-corrected chi connectivity index (χ4v) is 3.78. The number of rotatable bonds is 3. The molecule has 0 radical (unpaired) electrons. The number of hydrogen-bond donors (Lipinski definition) is 2. The zero-order valence-corrected chi connectivity index (χ0v) is 16.7. The van der Waals surface area contributed by atoms with Gasteiger partial charge < -0.3 is 19.9 Å². The van der Waals surface area contributed by atoms with Gasteiger partial charge in [-0.3, -0.25) is 0 Å². The van der Waals surface area contributed by atoms with Gasteiger partial charge in [0.25, 0.3) is 0 Å². The first-order valence-corrected chi connectivity index (χ1v) is 9.59. The first-order valence-electron chi connectivity index (χ1n) is 9.21. The number of para-hydroxylation sites is 1. The van der Waals surface area contributed by atoms with Gasteiger partial charge in [-0.25, -0.2) is 19.0 Å². The molecule has 1 aliphatic rings. The van der Waals surface area contributed by atoms with Crippen LogP contribution in [0.3, 0.4) is 0 Å². The van der Waals surface area contributed by atoms with E-state index in [4.69, 9.17) is 16.3 Å². The molecule has 0 spiro atoms. The average Bonchev–Trinajstić information content (AvgIpc) is 3.23. The Bertz CT molecular complexity index is 1120. The molecule has 2 amide bonds. The van der Waals surface area contributed by atoms with Crippen molar-refractivity contribution in [3.05, 3.63) is 82.1 Å². The molecular formula is C21H18ClFN4O3. The van der Waals surface area contributed by atoms with E-state index >= 15 is 0 Å². The summed E-state index contributed by atoms with van der Waals surface area (Å²) in [7, 11) is 1.27. The van der Waals surface area contributed by atoms with Crippen LogP contribution in [0.15, 0.2) is 48.8 Å². The molecule has 154 valence electrons. The van der Waals surface area contributed by atoms with Crippen molar-refractivity contribution in [1.29, 1.82) is 0 Å². The van der Waals surface area contributed by atoms with Gasteiger partial charge in [-0.05, 0) is 30.3 Å². The highest BCUT2D eigenvalue weighted by atomic mass is 35.5. The Morgan fingerprint density at radius 2 is 2.10 bits per heavy atom. The van der Waals surface area contributed by atoms with E-state index in [1.54, 1.807) is 24.3 Å². The summed E-state index contributed by atoms with van der Waals surface area (Å²) in [5.41, 5.74) is 2.15. The van der Waals surface area contributed by atoms with Crippen LogP contribution in [0.4, 0.5) is 14.9 Å². The van der Waals surface area contributed by atoms with Crippen molar-refractivity contribution >= 4 is 29.3 Å². The quantitative estimate of drug-likeness (QED) is 0.613. The number of carbonyl (C=O) groups is 2. The number of amides is 2. The number of esters is 1. The number of benzene rings is 2. The maximum absolute atomic E-state index is 14.7. The van der Waals surface area contributed by atoms with Gasteiger partial charge in [0.15, 0.2) is 0 Å². The van der Waals surface area contributed by atoms with Gasteiger partial charge in [-0.2, -0.15) is 0 Å². The smallest absolute Gasteiger partial charge is 0.339 e. The lowest BCUT2D eigenvalue weighted by molar-refractivity contribution is 0.0602. The highest BCUT2D eigenvalue weighted by Crippen LogP contribution is 2.36. The van der Waals surface area contributed by atoms with E-state index in [2.05, 4.69) is 15.3 Å². The summed E-state index contributed by atoms with van der Waals surface area (Å²) >= 11 is 6.10. The summed E-state index contributed by atoms with van der Waals surface area (Å²) in [4.78, 5) is 34.1. The van der Waals surface area contributed by atoms with Crippen molar-refractivity contribution in [2.24, 2.45) is 0 Å². The molecule has 9 heteroatoms. The first kappa shape index (κ1) is 19.9. The summed E-state index contributed by atoms with van der Waals surface area (Å²) in [6.07, 6.45) is 2.05. The van der Waals surface area contributed by atoms with Crippen molar-refractivity contribution in [1.82, 2.24) is 14.9 Å². The number of anilines is 1. The molecule has 1 aliphatic heterocycles. The molecule has 7 nitrogen and oxygen atoms in total. The van der Waals surface area contributed by atoms with E-state index in [-0.39, 0.29) is 11.1 Å². The van der Waals surface area contributed by atoms with Gasteiger partial charge in [-0.1, -0.05) is 23.7 Å². The monoisotopic (exact) mass is 428 g/mol. The van der Waals surface area contributed by atoms with E-state index in [9.17, 15) is 14.0 Å². The van der Waals surface area contributed by atoms with E-state index in [1.807, 2.05) is 0 Å². The molecule has 30 heavy (non-hydrogen) atoms. The lowest BCUT2D eigenvalue weighted by atomic mass is 9.95. The zero-order valence-electron chi connectivity index (χ0n) is 16.0. The van der Waals surface area contributed by atoms with Crippen molar-refractivity contribution in [3.8, 4) is 0 Å². The minimum atomic E-state index is -0.774. The number of urea groups is 1. The summed E-state index contributed by atoms with van der Waals surface area (Å²) in [5, 5.41) is 3.10. The highest BCUT2D eigenvalue weighted by Gasteiger charge is 2.36. The Hall–Kier alpha value is -3.39. The van der Waals surface area contributed by atoms with E-state index in [1.165, 1.54) is 36.5 Å². The summed E-state index contributed by atoms with van der Waals surface area (Å²) < 4.78 is 19.5. The Morgan fingerprint density at radius 3 is 2.90 bits per heavy atom. The molecule has 4 rings (SSSR count). The van der Waals surface area contributed by atoms with Crippen LogP contribution in [0, 0.1) is 5.82 Å². The fraction of sp³-hybridized carbons (Fsp3) is 0.190. The lowest BCUT2D eigenvalue weighted by Crippen LogP contribution is -2.43. The standard InChI is InChI=1S/C21H18ClFN4O3/c1-30-20(28)13-4-2-3-5-16(13)26-21(29)27-9-8-17-18(25-11-24-17)19(27)14-10-12(22)6-7-15(14)23/h2-7,10-11,19H,8-9H2,1H3,(H,24,25)(H,26,29)/t19-/m1/s1. The van der Waals surface area contributed by atoms with Crippen LogP contribution >= 0.6 is 11.6 Å². The largest absolute Gasteiger partial charge is 0.465 e. The normalized spacial score (nSPS) is 15.4. The summed E-state index contributed by atoms with van der Waals surface area (Å²) in [6.45, 7) is 0.317. The van der Waals surface area contributed by atoms with E-state index < -0.39 is 23.9 Å². The van der Waals surface area contributed by atoms with Crippen molar-refractivity contribution in [3.63, 3.8) is 0 Å². The van der Waals surface area contributed by atoms with Crippen LogP contribution in [0.25, 0.3) is 0 Å². The van der Waals surface area contributed by atoms with Gasteiger partial charge in [0, 0.05) is 29.2 Å². The molecule has 0 saturated carbocycles.